The van der Waals surface area contributed by atoms with Crippen LogP contribution in [0.25, 0.3) is 0 Å². The molecule has 1 atom stereocenters. The van der Waals surface area contributed by atoms with Crippen molar-refractivity contribution < 1.29 is 28.3 Å². The number of benzene rings is 2. The second-order valence-corrected chi connectivity index (χ2v) is 7.14. The SMILES string of the molecule is COc1ccc(C(=O)[C@H](C)OC(=O)Cc2ccc(OCc3c(C)noc3C)cc2)cc1. The molecule has 0 unspecified atom stereocenters. The smallest absolute Gasteiger partial charge is 0.310 e. The Balaban J connectivity index is 1.51. The van der Waals surface area contributed by atoms with Crippen molar-refractivity contribution in [1.82, 2.24) is 5.16 Å². The Labute approximate surface area is 180 Å². The summed E-state index contributed by atoms with van der Waals surface area (Å²) in [5.41, 5.74) is 2.94. The number of nitrogens with zero attached hydrogens (tertiary/aromatic N) is 1. The van der Waals surface area contributed by atoms with E-state index in [9.17, 15) is 9.59 Å². The van der Waals surface area contributed by atoms with Crippen molar-refractivity contribution in [3.05, 3.63) is 76.7 Å². The third-order valence-electron chi connectivity index (χ3n) is 4.89. The lowest BCUT2D eigenvalue weighted by Gasteiger charge is -2.13. The molecular formula is C24H25NO6. The van der Waals surface area contributed by atoms with E-state index in [1.54, 1.807) is 62.6 Å². The van der Waals surface area contributed by atoms with Gasteiger partial charge in [0.25, 0.3) is 0 Å². The number of Topliss-reactive ketones (excluding diaryl/α,β-unsaturated/α-hetero) is 1. The van der Waals surface area contributed by atoms with E-state index in [0.717, 1.165) is 22.6 Å². The van der Waals surface area contributed by atoms with Gasteiger partial charge in [-0.25, -0.2) is 0 Å². The maximum absolute atomic E-state index is 12.4. The van der Waals surface area contributed by atoms with Crippen LogP contribution in [-0.2, 0) is 22.6 Å². The minimum Gasteiger partial charge on any atom is -0.497 e. The second-order valence-electron chi connectivity index (χ2n) is 7.14. The van der Waals surface area contributed by atoms with Crippen molar-refractivity contribution in [2.24, 2.45) is 0 Å². The fourth-order valence-corrected chi connectivity index (χ4v) is 3.02. The number of hydrogen-bond donors (Lipinski definition) is 0. The third kappa shape index (κ3) is 5.72. The van der Waals surface area contributed by atoms with E-state index in [1.807, 2.05) is 13.8 Å². The van der Waals surface area contributed by atoms with Gasteiger partial charge in [-0.1, -0.05) is 17.3 Å². The molecule has 0 radical (unpaired) electrons. The monoisotopic (exact) mass is 423 g/mol. The van der Waals surface area contributed by atoms with Gasteiger partial charge >= 0.3 is 5.97 Å². The molecular weight excluding hydrogens is 398 g/mol. The first-order valence-corrected chi connectivity index (χ1v) is 9.88. The molecule has 7 nitrogen and oxygen atoms in total. The molecule has 0 saturated carbocycles. The lowest BCUT2D eigenvalue weighted by molar-refractivity contribution is -0.145. The van der Waals surface area contributed by atoms with Gasteiger partial charge in [0.15, 0.2) is 6.10 Å². The van der Waals surface area contributed by atoms with Crippen LogP contribution in [0, 0.1) is 13.8 Å². The number of aryl methyl sites for hydroxylation is 2. The van der Waals surface area contributed by atoms with E-state index >= 15 is 0 Å². The van der Waals surface area contributed by atoms with Gasteiger partial charge in [0.05, 0.1) is 24.8 Å². The quantitative estimate of drug-likeness (QED) is 0.376. The summed E-state index contributed by atoms with van der Waals surface area (Å²) < 4.78 is 21.3. The number of aromatic nitrogens is 1. The molecule has 0 aliphatic heterocycles. The molecule has 0 amide bonds. The number of esters is 1. The molecule has 1 heterocycles. The van der Waals surface area contributed by atoms with Gasteiger partial charge < -0.3 is 18.7 Å². The number of carbonyl (C=O) groups excluding carboxylic acids is 2. The van der Waals surface area contributed by atoms with Gasteiger partial charge in [-0.05, 0) is 62.7 Å². The van der Waals surface area contributed by atoms with Gasteiger partial charge in [0.2, 0.25) is 5.78 Å². The number of hydrogen-bond acceptors (Lipinski definition) is 7. The standard InChI is InChI=1S/C24H25NO6/c1-15-22(16(2)31-25-15)14-29-21-9-5-18(6-10-21)13-23(26)30-17(3)24(27)19-7-11-20(28-4)12-8-19/h5-12,17H,13-14H2,1-4H3/t17-/m0/s1. The summed E-state index contributed by atoms with van der Waals surface area (Å²) in [4.78, 5) is 24.7. The third-order valence-corrected chi connectivity index (χ3v) is 4.89. The van der Waals surface area contributed by atoms with E-state index in [0.29, 0.717) is 23.7 Å². The van der Waals surface area contributed by atoms with Gasteiger partial charge in [0, 0.05) is 5.56 Å². The van der Waals surface area contributed by atoms with Crippen LogP contribution in [0.3, 0.4) is 0 Å². The summed E-state index contributed by atoms with van der Waals surface area (Å²) in [6, 6.07) is 13.8. The average Bonchev–Trinajstić information content (AvgIpc) is 3.10. The lowest BCUT2D eigenvalue weighted by atomic mass is 10.1. The Morgan fingerprint density at radius 1 is 1.00 bits per heavy atom. The first-order chi connectivity index (χ1) is 14.9. The van der Waals surface area contributed by atoms with Crippen LogP contribution in [-0.4, -0.2) is 30.1 Å². The molecule has 7 heteroatoms. The van der Waals surface area contributed by atoms with Gasteiger partial charge in [0.1, 0.15) is 23.9 Å². The van der Waals surface area contributed by atoms with Crippen molar-refractivity contribution in [2.75, 3.05) is 7.11 Å². The zero-order chi connectivity index (χ0) is 22.4. The van der Waals surface area contributed by atoms with E-state index < -0.39 is 12.1 Å². The molecule has 31 heavy (non-hydrogen) atoms. The second kappa shape index (κ2) is 9.93. The summed E-state index contributed by atoms with van der Waals surface area (Å²) in [5.74, 6) is 1.31. The Morgan fingerprint density at radius 2 is 1.65 bits per heavy atom. The topological polar surface area (TPSA) is 87.9 Å². The molecule has 0 spiro atoms. The number of carbonyl (C=O) groups is 2. The molecule has 3 rings (SSSR count). The van der Waals surface area contributed by atoms with Crippen molar-refractivity contribution in [3.63, 3.8) is 0 Å². The van der Waals surface area contributed by atoms with Crippen molar-refractivity contribution in [1.29, 1.82) is 0 Å². The highest BCUT2D eigenvalue weighted by molar-refractivity contribution is 6.00. The summed E-state index contributed by atoms with van der Waals surface area (Å²) in [6.07, 6.45) is -0.816. The van der Waals surface area contributed by atoms with Crippen LogP contribution in [0.2, 0.25) is 0 Å². The Bertz CT molecular complexity index is 1020. The van der Waals surface area contributed by atoms with Gasteiger partial charge in [-0.3, -0.25) is 9.59 Å². The molecule has 0 N–H and O–H groups in total. The van der Waals surface area contributed by atoms with Crippen LogP contribution >= 0.6 is 0 Å². The van der Waals surface area contributed by atoms with Crippen molar-refractivity contribution in [2.45, 2.75) is 39.9 Å². The van der Waals surface area contributed by atoms with Crippen LogP contribution in [0.4, 0.5) is 0 Å². The minimum absolute atomic E-state index is 0.0599. The van der Waals surface area contributed by atoms with E-state index in [2.05, 4.69) is 5.16 Å². The predicted octanol–water partition coefficient (Wildman–Crippen LogP) is 4.24. The number of methoxy groups -OCH3 is 1. The number of ether oxygens (including phenoxy) is 3. The molecule has 0 aliphatic rings. The summed E-state index contributed by atoms with van der Waals surface area (Å²) in [6.45, 7) is 5.63. The molecule has 162 valence electrons. The average molecular weight is 423 g/mol. The molecule has 0 bridgehead atoms. The zero-order valence-electron chi connectivity index (χ0n) is 18.0. The molecule has 2 aromatic carbocycles. The van der Waals surface area contributed by atoms with E-state index in [4.69, 9.17) is 18.7 Å². The highest BCUT2D eigenvalue weighted by Gasteiger charge is 2.20. The predicted molar refractivity (Wildman–Crippen MR) is 113 cm³/mol. The maximum atomic E-state index is 12.4. The number of rotatable bonds is 9. The van der Waals surface area contributed by atoms with Crippen LogP contribution in [0.1, 0.15) is 39.9 Å². The summed E-state index contributed by atoms with van der Waals surface area (Å²) in [7, 11) is 1.55. The van der Waals surface area contributed by atoms with Gasteiger partial charge in [-0.2, -0.15) is 0 Å². The highest BCUT2D eigenvalue weighted by atomic mass is 16.5. The highest BCUT2D eigenvalue weighted by Crippen LogP contribution is 2.19. The lowest BCUT2D eigenvalue weighted by Crippen LogP contribution is -2.25. The summed E-state index contributed by atoms with van der Waals surface area (Å²) >= 11 is 0. The normalized spacial score (nSPS) is 11.6. The van der Waals surface area contributed by atoms with Crippen molar-refractivity contribution >= 4 is 11.8 Å². The molecule has 0 saturated heterocycles. The molecule has 0 fully saturated rings. The van der Waals surface area contributed by atoms with E-state index in [1.165, 1.54) is 0 Å². The molecule has 1 aromatic heterocycles. The van der Waals surface area contributed by atoms with Crippen molar-refractivity contribution in [3.8, 4) is 11.5 Å². The maximum Gasteiger partial charge on any atom is 0.310 e. The minimum atomic E-state index is -0.876. The van der Waals surface area contributed by atoms with Gasteiger partial charge in [-0.15, -0.1) is 0 Å². The van der Waals surface area contributed by atoms with Crippen LogP contribution in [0.5, 0.6) is 11.5 Å². The largest absolute Gasteiger partial charge is 0.497 e. The molecule has 3 aromatic rings. The fraction of sp³-hybridized carbons (Fsp3) is 0.292. The van der Waals surface area contributed by atoms with Crippen LogP contribution < -0.4 is 9.47 Å². The Hall–Kier alpha value is -3.61. The summed E-state index contributed by atoms with van der Waals surface area (Å²) in [5, 5.41) is 3.90. The number of ketones is 1. The van der Waals surface area contributed by atoms with E-state index in [-0.39, 0.29) is 12.2 Å². The zero-order valence-corrected chi connectivity index (χ0v) is 18.0. The Morgan fingerprint density at radius 3 is 2.23 bits per heavy atom. The Kier molecular flexibility index (Phi) is 7.07. The first kappa shape index (κ1) is 22.1. The first-order valence-electron chi connectivity index (χ1n) is 9.88. The fourth-order valence-electron chi connectivity index (χ4n) is 3.02. The van der Waals surface area contributed by atoms with Crippen LogP contribution in [0.15, 0.2) is 53.1 Å². The molecule has 0 aliphatic carbocycles.